The van der Waals surface area contributed by atoms with E-state index in [-0.39, 0.29) is 0 Å². The summed E-state index contributed by atoms with van der Waals surface area (Å²) in [6.07, 6.45) is 0. The summed E-state index contributed by atoms with van der Waals surface area (Å²) in [7, 11) is 1.43. The van der Waals surface area contributed by atoms with Gasteiger partial charge < -0.3 is 10.4 Å². The Hall–Kier alpha value is -1.88. The first kappa shape index (κ1) is 13.2. The number of hydrogen-bond acceptors (Lipinski definition) is 3. The molecule has 1 unspecified atom stereocenters. The molecule has 0 saturated carbocycles. The fraction of sp³-hybridized carbons (Fsp3) is 0.333. The van der Waals surface area contributed by atoms with E-state index in [1.165, 1.54) is 7.05 Å². The van der Waals surface area contributed by atoms with E-state index in [2.05, 4.69) is 10.6 Å². The predicted molar refractivity (Wildman–Crippen MR) is 63.5 cm³/mol. The standard InChI is InChI=1S/C12H16N2O3/c1-8-3-5-9(6-4-8)7-14-11(15)10(13-2)12(16)17/h3-6,10,13H,7H2,1-2H3,(H,14,15)(H,16,17). The lowest BCUT2D eigenvalue weighted by Crippen LogP contribution is -2.47. The molecule has 0 aliphatic carbocycles. The van der Waals surface area contributed by atoms with Gasteiger partial charge in [0.25, 0.3) is 0 Å². The SMILES string of the molecule is CNC(C(=O)O)C(=O)NCc1ccc(C)cc1. The molecule has 0 bridgehead atoms. The molecule has 1 aromatic carbocycles. The smallest absolute Gasteiger partial charge is 0.330 e. The molecule has 1 rings (SSSR count). The molecule has 0 radical (unpaired) electrons. The number of aryl methyl sites for hydroxylation is 1. The minimum atomic E-state index is -1.21. The number of rotatable bonds is 5. The molecule has 1 amide bonds. The molecule has 5 nitrogen and oxygen atoms in total. The van der Waals surface area contributed by atoms with Crippen molar-refractivity contribution < 1.29 is 14.7 Å². The zero-order valence-electron chi connectivity index (χ0n) is 9.86. The van der Waals surface area contributed by atoms with Gasteiger partial charge >= 0.3 is 5.97 Å². The van der Waals surface area contributed by atoms with E-state index in [1.807, 2.05) is 31.2 Å². The first-order valence-electron chi connectivity index (χ1n) is 5.28. The number of carboxylic acid groups (broad SMARTS) is 1. The van der Waals surface area contributed by atoms with Crippen LogP contribution in [-0.2, 0) is 16.1 Å². The molecular formula is C12H16N2O3. The van der Waals surface area contributed by atoms with Gasteiger partial charge in [0.1, 0.15) is 0 Å². The van der Waals surface area contributed by atoms with Crippen molar-refractivity contribution in [2.24, 2.45) is 0 Å². The molecule has 0 fully saturated rings. The molecule has 3 N–H and O–H groups in total. The second kappa shape index (κ2) is 6.00. The van der Waals surface area contributed by atoms with Crippen LogP contribution in [0.4, 0.5) is 0 Å². The number of hydrogen-bond donors (Lipinski definition) is 3. The van der Waals surface area contributed by atoms with E-state index >= 15 is 0 Å². The number of nitrogens with one attached hydrogen (secondary N) is 2. The van der Waals surface area contributed by atoms with Gasteiger partial charge in [0.15, 0.2) is 6.04 Å². The quantitative estimate of drug-likeness (QED) is 0.642. The molecule has 0 aliphatic heterocycles. The van der Waals surface area contributed by atoms with Crippen LogP contribution in [0.1, 0.15) is 11.1 Å². The average Bonchev–Trinajstić information content (AvgIpc) is 2.28. The van der Waals surface area contributed by atoms with Crippen LogP contribution in [0, 0.1) is 6.92 Å². The highest BCUT2D eigenvalue weighted by atomic mass is 16.4. The first-order chi connectivity index (χ1) is 8.04. The largest absolute Gasteiger partial charge is 0.480 e. The van der Waals surface area contributed by atoms with Gasteiger partial charge in [-0.3, -0.25) is 10.1 Å². The average molecular weight is 236 g/mol. The highest BCUT2D eigenvalue weighted by molar-refractivity contribution is 6.01. The molecule has 92 valence electrons. The molecule has 17 heavy (non-hydrogen) atoms. The van der Waals surface area contributed by atoms with Gasteiger partial charge in [-0.15, -0.1) is 0 Å². The van der Waals surface area contributed by atoms with Gasteiger partial charge in [-0.05, 0) is 19.5 Å². The highest BCUT2D eigenvalue weighted by Gasteiger charge is 2.23. The summed E-state index contributed by atoms with van der Waals surface area (Å²) in [5.41, 5.74) is 2.07. The van der Waals surface area contributed by atoms with Gasteiger partial charge in [0, 0.05) is 6.54 Å². The van der Waals surface area contributed by atoms with Crippen molar-refractivity contribution in [1.82, 2.24) is 10.6 Å². The summed E-state index contributed by atoms with van der Waals surface area (Å²) in [5.74, 6) is -1.73. The Bertz CT molecular complexity index is 401. The van der Waals surface area contributed by atoms with Crippen molar-refractivity contribution >= 4 is 11.9 Å². The third-order valence-corrected chi connectivity index (χ3v) is 2.39. The molecule has 0 saturated heterocycles. The van der Waals surface area contributed by atoms with Crippen LogP contribution in [0.5, 0.6) is 0 Å². The van der Waals surface area contributed by atoms with Crippen LogP contribution in [-0.4, -0.2) is 30.1 Å². The molecule has 0 spiro atoms. The fourth-order valence-electron chi connectivity index (χ4n) is 1.36. The van der Waals surface area contributed by atoms with Crippen LogP contribution in [0.25, 0.3) is 0 Å². The molecule has 1 atom stereocenters. The summed E-state index contributed by atoms with van der Waals surface area (Å²) in [6, 6.07) is 6.46. The van der Waals surface area contributed by atoms with Crippen LogP contribution in [0.3, 0.4) is 0 Å². The lowest BCUT2D eigenvalue weighted by atomic mass is 10.1. The molecule has 5 heteroatoms. The Labute approximate surface area is 99.8 Å². The summed E-state index contributed by atoms with van der Waals surface area (Å²) >= 11 is 0. The summed E-state index contributed by atoms with van der Waals surface area (Å²) in [6.45, 7) is 2.30. The van der Waals surface area contributed by atoms with Gasteiger partial charge in [-0.1, -0.05) is 29.8 Å². The summed E-state index contributed by atoms with van der Waals surface area (Å²) in [4.78, 5) is 22.2. The van der Waals surface area contributed by atoms with Crippen LogP contribution >= 0.6 is 0 Å². The van der Waals surface area contributed by atoms with Crippen molar-refractivity contribution in [2.45, 2.75) is 19.5 Å². The second-order valence-electron chi connectivity index (χ2n) is 3.76. The molecule has 0 heterocycles. The van der Waals surface area contributed by atoms with E-state index in [9.17, 15) is 9.59 Å². The Morgan fingerprint density at radius 3 is 2.35 bits per heavy atom. The normalized spacial score (nSPS) is 11.9. The minimum Gasteiger partial charge on any atom is -0.480 e. The Morgan fingerprint density at radius 1 is 1.29 bits per heavy atom. The van der Waals surface area contributed by atoms with Crippen molar-refractivity contribution in [3.8, 4) is 0 Å². The zero-order valence-corrected chi connectivity index (χ0v) is 9.86. The van der Waals surface area contributed by atoms with E-state index in [0.717, 1.165) is 11.1 Å². The van der Waals surface area contributed by atoms with Crippen LogP contribution < -0.4 is 10.6 Å². The lowest BCUT2D eigenvalue weighted by Gasteiger charge is -2.11. The van der Waals surface area contributed by atoms with E-state index in [0.29, 0.717) is 6.54 Å². The number of benzene rings is 1. The van der Waals surface area contributed by atoms with E-state index in [1.54, 1.807) is 0 Å². The molecule has 0 aliphatic rings. The summed E-state index contributed by atoms with van der Waals surface area (Å²) < 4.78 is 0. The minimum absolute atomic E-state index is 0.324. The lowest BCUT2D eigenvalue weighted by molar-refractivity contribution is -0.143. The number of carbonyl (C=O) groups is 2. The van der Waals surface area contributed by atoms with Crippen molar-refractivity contribution in [3.05, 3.63) is 35.4 Å². The maximum absolute atomic E-state index is 11.5. The number of amides is 1. The van der Waals surface area contributed by atoms with Gasteiger partial charge in [-0.2, -0.15) is 0 Å². The summed E-state index contributed by atoms with van der Waals surface area (Å²) in [5, 5.41) is 13.8. The zero-order chi connectivity index (χ0) is 12.8. The van der Waals surface area contributed by atoms with Crippen molar-refractivity contribution in [2.75, 3.05) is 7.05 Å². The van der Waals surface area contributed by atoms with Crippen LogP contribution in [0.15, 0.2) is 24.3 Å². The van der Waals surface area contributed by atoms with Gasteiger partial charge in [0.05, 0.1) is 0 Å². The number of aliphatic carboxylic acids is 1. The van der Waals surface area contributed by atoms with Crippen molar-refractivity contribution in [3.63, 3.8) is 0 Å². The molecule has 0 aromatic heterocycles. The highest BCUT2D eigenvalue weighted by Crippen LogP contribution is 2.02. The van der Waals surface area contributed by atoms with E-state index in [4.69, 9.17) is 5.11 Å². The Kier molecular flexibility index (Phi) is 4.66. The maximum atomic E-state index is 11.5. The maximum Gasteiger partial charge on any atom is 0.330 e. The number of likely N-dealkylation sites (N-methyl/N-ethyl adjacent to an activating group) is 1. The molecule has 1 aromatic rings. The van der Waals surface area contributed by atoms with E-state index < -0.39 is 17.9 Å². The molecular weight excluding hydrogens is 220 g/mol. The topological polar surface area (TPSA) is 78.4 Å². The Balaban J connectivity index is 2.53. The second-order valence-corrected chi connectivity index (χ2v) is 3.76. The third kappa shape index (κ3) is 3.88. The monoisotopic (exact) mass is 236 g/mol. The fourth-order valence-corrected chi connectivity index (χ4v) is 1.36. The third-order valence-electron chi connectivity index (χ3n) is 2.39. The number of carbonyl (C=O) groups excluding carboxylic acids is 1. The van der Waals surface area contributed by atoms with Crippen LogP contribution in [0.2, 0.25) is 0 Å². The van der Waals surface area contributed by atoms with Gasteiger partial charge in [0.2, 0.25) is 5.91 Å². The van der Waals surface area contributed by atoms with Gasteiger partial charge in [-0.25, -0.2) is 4.79 Å². The predicted octanol–water partition coefficient (Wildman–Crippen LogP) is 0.284. The first-order valence-corrected chi connectivity index (χ1v) is 5.28. The number of carboxylic acids is 1. The van der Waals surface area contributed by atoms with Crippen molar-refractivity contribution in [1.29, 1.82) is 0 Å². The Morgan fingerprint density at radius 2 is 1.88 bits per heavy atom.